The zero-order chi connectivity index (χ0) is 16.0. The monoisotopic (exact) mass is 301 g/mol. The van der Waals surface area contributed by atoms with Crippen LogP contribution in [0.15, 0.2) is 12.1 Å². The number of carbonyl (C=O) groups is 2. The summed E-state index contributed by atoms with van der Waals surface area (Å²) < 4.78 is 31.3. The number of methoxy groups -OCH3 is 1. The molecule has 7 heteroatoms. The fourth-order valence-electron chi connectivity index (χ4n) is 1.92. The molecule has 0 bridgehead atoms. The van der Waals surface area contributed by atoms with E-state index >= 15 is 0 Å². The SMILES string of the molecule is CCCC(COC)NC(=O)c1cc(F)c(F)cc1C(=O)O. The molecule has 21 heavy (non-hydrogen) atoms. The summed E-state index contributed by atoms with van der Waals surface area (Å²) in [4.78, 5) is 23.1. The molecule has 0 aromatic heterocycles. The summed E-state index contributed by atoms with van der Waals surface area (Å²) in [7, 11) is 1.47. The highest BCUT2D eigenvalue weighted by molar-refractivity contribution is 6.04. The lowest BCUT2D eigenvalue weighted by molar-refractivity contribution is 0.0688. The predicted octanol–water partition coefficient (Wildman–Crippen LogP) is 2.21. The summed E-state index contributed by atoms with van der Waals surface area (Å²) >= 11 is 0. The van der Waals surface area contributed by atoms with Gasteiger partial charge >= 0.3 is 5.97 Å². The fraction of sp³-hybridized carbons (Fsp3) is 0.429. The number of amides is 1. The summed E-state index contributed by atoms with van der Waals surface area (Å²) in [6.07, 6.45) is 1.39. The Morgan fingerprint density at radius 2 is 1.86 bits per heavy atom. The molecule has 1 aromatic carbocycles. The van der Waals surface area contributed by atoms with Crippen molar-refractivity contribution in [3.63, 3.8) is 0 Å². The van der Waals surface area contributed by atoms with Crippen LogP contribution in [0.4, 0.5) is 8.78 Å². The Labute approximate surface area is 120 Å². The lowest BCUT2D eigenvalue weighted by atomic mass is 10.1. The molecule has 0 heterocycles. The first kappa shape index (κ1) is 17.0. The van der Waals surface area contributed by atoms with Gasteiger partial charge in [-0.25, -0.2) is 13.6 Å². The largest absolute Gasteiger partial charge is 0.478 e. The van der Waals surface area contributed by atoms with Gasteiger partial charge in [-0.1, -0.05) is 13.3 Å². The number of hydrogen-bond donors (Lipinski definition) is 2. The van der Waals surface area contributed by atoms with E-state index in [2.05, 4.69) is 5.32 Å². The molecule has 1 unspecified atom stereocenters. The molecule has 0 aliphatic rings. The van der Waals surface area contributed by atoms with E-state index in [1.807, 2.05) is 6.92 Å². The molecular formula is C14H17F2NO4. The van der Waals surface area contributed by atoms with E-state index in [0.29, 0.717) is 18.6 Å². The molecule has 2 N–H and O–H groups in total. The number of carboxylic acid groups (broad SMARTS) is 1. The minimum Gasteiger partial charge on any atom is -0.478 e. The van der Waals surface area contributed by atoms with Crippen molar-refractivity contribution in [2.75, 3.05) is 13.7 Å². The molecule has 0 fully saturated rings. The normalized spacial score (nSPS) is 12.0. The average Bonchev–Trinajstić information content (AvgIpc) is 2.41. The second kappa shape index (κ2) is 7.68. The third-order valence-electron chi connectivity index (χ3n) is 2.88. The van der Waals surface area contributed by atoms with E-state index in [1.165, 1.54) is 7.11 Å². The summed E-state index contributed by atoms with van der Waals surface area (Å²) in [5, 5.41) is 11.5. The second-order valence-electron chi connectivity index (χ2n) is 4.53. The van der Waals surface area contributed by atoms with Gasteiger partial charge in [-0.15, -0.1) is 0 Å². The third kappa shape index (κ3) is 4.49. The number of hydrogen-bond acceptors (Lipinski definition) is 3. The van der Waals surface area contributed by atoms with Crippen molar-refractivity contribution < 1.29 is 28.2 Å². The van der Waals surface area contributed by atoms with Gasteiger partial charge in [-0.2, -0.15) is 0 Å². The predicted molar refractivity (Wildman–Crippen MR) is 71.4 cm³/mol. The number of ether oxygens (including phenoxy) is 1. The average molecular weight is 301 g/mol. The lowest BCUT2D eigenvalue weighted by Gasteiger charge is -2.18. The van der Waals surface area contributed by atoms with Crippen molar-refractivity contribution in [1.29, 1.82) is 0 Å². The molecule has 1 atom stereocenters. The van der Waals surface area contributed by atoms with Crippen molar-refractivity contribution in [1.82, 2.24) is 5.32 Å². The highest BCUT2D eigenvalue weighted by Gasteiger charge is 2.22. The van der Waals surface area contributed by atoms with Gasteiger partial charge in [0, 0.05) is 7.11 Å². The Morgan fingerprint density at radius 3 is 2.33 bits per heavy atom. The highest BCUT2D eigenvalue weighted by Crippen LogP contribution is 2.16. The number of carbonyl (C=O) groups excluding carboxylic acids is 1. The van der Waals surface area contributed by atoms with Crippen molar-refractivity contribution in [2.45, 2.75) is 25.8 Å². The van der Waals surface area contributed by atoms with Crippen molar-refractivity contribution >= 4 is 11.9 Å². The Hall–Kier alpha value is -2.02. The van der Waals surface area contributed by atoms with Gasteiger partial charge in [0.25, 0.3) is 5.91 Å². The smallest absolute Gasteiger partial charge is 0.336 e. The van der Waals surface area contributed by atoms with Crippen LogP contribution in [0.5, 0.6) is 0 Å². The number of nitrogens with one attached hydrogen (secondary N) is 1. The van der Waals surface area contributed by atoms with E-state index in [9.17, 15) is 18.4 Å². The first-order chi connectivity index (χ1) is 9.90. The molecule has 0 spiro atoms. The molecule has 0 radical (unpaired) electrons. The van der Waals surface area contributed by atoms with E-state index in [-0.39, 0.29) is 12.6 Å². The lowest BCUT2D eigenvalue weighted by Crippen LogP contribution is -2.38. The van der Waals surface area contributed by atoms with Gasteiger partial charge in [0.05, 0.1) is 23.8 Å². The number of halogens is 2. The summed E-state index contributed by atoms with van der Waals surface area (Å²) in [6, 6.07) is 0.754. The van der Waals surface area contributed by atoms with Crippen molar-refractivity contribution in [3.8, 4) is 0 Å². The number of aromatic carboxylic acids is 1. The maximum Gasteiger partial charge on any atom is 0.336 e. The van der Waals surface area contributed by atoms with Gasteiger partial charge in [-0.3, -0.25) is 4.79 Å². The van der Waals surface area contributed by atoms with Gasteiger partial charge in [0.1, 0.15) is 0 Å². The molecular weight excluding hydrogens is 284 g/mol. The molecule has 1 aromatic rings. The molecule has 0 aliphatic carbocycles. The molecule has 5 nitrogen and oxygen atoms in total. The zero-order valence-corrected chi connectivity index (χ0v) is 11.8. The second-order valence-corrected chi connectivity index (χ2v) is 4.53. The maximum absolute atomic E-state index is 13.2. The van der Waals surface area contributed by atoms with Crippen LogP contribution in [0.25, 0.3) is 0 Å². The van der Waals surface area contributed by atoms with E-state index in [1.54, 1.807) is 0 Å². The minimum atomic E-state index is -1.50. The highest BCUT2D eigenvalue weighted by atomic mass is 19.2. The van der Waals surface area contributed by atoms with Gasteiger partial charge in [0.15, 0.2) is 11.6 Å². The Balaban J connectivity index is 3.05. The van der Waals surface area contributed by atoms with Crippen LogP contribution < -0.4 is 5.32 Å². The van der Waals surface area contributed by atoms with Crippen LogP contribution in [-0.2, 0) is 4.74 Å². The molecule has 0 saturated carbocycles. The van der Waals surface area contributed by atoms with Crippen LogP contribution in [-0.4, -0.2) is 36.7 Å². The van der Waals surface area contributed by atoms with E-state index < -0.39 is 34.6 Å². The summed E-state index contributed by atoms with van der Waals surface area (Å²) in [5.74, 6) is -4.87. The zero-order valence-electron chi connectivity index (χ0n) is 11.8. The molecule has 0 saturated heterocycles. The first-order valence-electron chi connectivity index (χ1n) is 6.42. The van der Waals surface area contributed by atoms with E-state index in [0.717, 1.165) is 6.42 Å². The van der Waals surface area contributed by atoms with Crippen molar-refractivity contribution in [3.05, 3.63) is 34.9 Å². The molecule has 116 valence electrons. The van der Waals surface area contributed by atoms with Crippen LogP contribution in [0, 0.1) is 11.6 Å². The molecule has 0 aliphatic heterocycles. The van der Waals surface area contributed by atoms with Gasteiger partial charge < -0.3 is 15.2 Å². The standard InChI is InChI=1S/C14H17F2NO4/c1-3-4-8(7-21-2)17-13(18)9-5-11(15)12(16)6-10(9)14(19)20/h5-6,8H,3-4,7H2,1-2H3,(H,17,18)(H,19,20). The van der Waals surface area contributed by atoms with E-state index in [4.69, 9.17) is 9.84 Å². The quantitative estimate of drug-likeness (QED) is 0.809. The van der Waals surface area contributed by atoms with Crippen LogP contribution in [0.1, 0.15) is 40.5 Å². The fourth-order valence-corrected chi connectivity index (χ4v) is 1.92. The maximum atomic E-state index is 13.2. The summed E-state index contributed by atoms with van der Waals surface area (Å²) in [6.45, 7) is 2.15. The number of benzene rings is 1. The van der Waals surface area contributed by atoms with Gasteiger partial charge in [0.2, 0.25) is 0 Å². The van der Waals surface area contributed by atoms with Crippen LogP contribution in [0.3, 0.4) is 0 Å². The first-order valence-corrected chi connectivity index (χ1v) is 6.42. The number of rotatable bonds is 7. The van der Waals surface area contributed by atoms with Crippen LogP contribution in [0.2, 0.25) is 0 Å². The van der Waals surface area contributed by atoms with Crippen LogP contribution >= 0.6 is 0 Å². The van der Waals surface area contributed by atoms with Gasteiger partial charge in [-0.05, 0) is 18.6 Å². The Kier molecular flexibility index (Phi) is 6.23. The minimum absolute atomic E-state index is 0.242. The third-order valence-corrected chi connectivity index (χ3v) is 2.88. The van der Waals surface area contributed by atoms with Crippen molar-refractivity contribution in [2.24, 2.45) is 0 Å². The molecule has 1 amide bonds. The number of carboxylic acids is 1. The molecule has 1 rings (SSSR count). The Bertz CT molecular complexity index is 528. The topological polar surface area (TPSA) is 75.6 Å². The Morgan fingerprint density at radius 1 is 1.29 bits per heavy atom. The summed E-state index contributed by atoms with van der Waals surface area (Å²) in [5.41, 5.74) is -1.00.